The predicted molar refractivity (Wildman–Crippen MR) is 16.5 cm³/mol. The molecule has 0 aliphatic heterocycles. The van der Waals surface area contributed by atoms with Gasteiger partial charge in [-0.2, -0.15) is 5.26 Å². The molecule has 0 unspecified atom stereocenters. The van der Waals surface area contributed by atoms with Gasteiger partial charge in [-0.3, -0.25) is 0 Å². The monoisotopic (exact) mass is 145 g/mol. The van der Waals surface area contributed by atoms with Crippen molar-refractivity contribution in [3.63, 3.8) is 0 Å². The zero-order valence-corrected chi connectivity index (χ0v) is 6.36. The van der Waals surface area contributed by atoms with Crippen LogP contribution < -0.4 is 29.6 Å². The maximum absolute atomic E-state index is 7.24. The van der Waals surface area contributed by atoms with Gasteiger partial charge in [0.2, 0.25) is 0 Å². The Kier molecular flexibility index (Phi) is 68.6. The Hall–Kier alpha value is 0.930. The van der Waals surface area contributed by atoms with Crippen LogP contribution in [0, 0.1) is 10.2 Å². The molecule has 0 aromatic rings. The van der Waals surface area contributed by atoms with Crippen LogP contribution >= 0.6 is 15.9 Å². The smallest absolute Gasteiger partial charge is 0.870 e. The SMILES string of the molecule is N#CBr.[Na+].[OH-]. The van der Waals surface area contributed by atoms with E-state index < -0.39 is 0 Å². The van der Waals surface area contributed by atoms with Crippen molar-refractivity contribution in [1.82, 2.24) is 0 Å². The molecule has 24 valence electrons. The zero-order chi connectivity index (χ0) is 2.71. The van der Waals surface area contributed by atoms with Gasteiger partial charge in [-0.15, -0.1) is 0 Å². The average molecular weight is 146 g/mol. The van der Waals surface area contributed by atoms with Crippen LogP contribution in [-0.2, 0) is 0 Å². The van der Waals surface area contributed by atoms with Crippen LogP contribution in [0.1, 0.15) is 0 Å². The van der Waals surface area contributed by atoms with Gasteiger partial charge in [0.1, 0.15) is 4.98 Å². The number of hydrogen-bond acceptors (Lipinski definition) is 2. The minimum atomic E-state index is 0. The molecule has 0 aromatic carbocycles. The molecule has 4 heteroatoms. The predicted octanol–water partition coefficient (Wildman–Crippen LogP) is -2.31. The zero-order valence-electron chi connectivity index (χ0n) is 2.77. The van der Waals surface area contributed by atoms with Crippen molar-refractivity contribution >= 4 is 15.9 Å². The van der Waals surface area contributed by atoms with Gasteiger partial charge in [0, 0.05) is 15.9 Å². The molecule has 0 radical (unpaired) electrons. The molecule has 5 heavy (non-hydrogen) atoms. The summed E-state index contributed by atoms with van der Waals surface area (Å²) in [5, 5.41) is 7.24. The van der Waals surface area contributed by atoms with Crippen molar-refractivity contribution in [3.05, 3.63) is 0 Å². The van der Waals surface area contributed by atoms with Crippen LogP contribution in [-0.4, -0.2) is 5.48 Å². The Bertz CT molecular complexity index is 33.1. The van der Waals surface area contributed by atoms with Crippen LogP contribution in [0.4, 0.5) is 0 Å². The molecule has 0 aromatic heterocycles. The summed E-state index contributed by atoms with van der Waals surface area (Å²) in [7, 11) is 0. The van der Waals surface area contributed by atoms with Gasteiger partial charge < -0.3 is 5.48 Å². The number of nitrogens with zero attached hydrogens (tertiary/aromatic N) is 1. The molecule has 0 aliphatic carbocycles. The van der Waals surface area contributed by atoms with E-state index >= 15 is 0 Å². The first-order valence-electron chi connectivity index (χ1n) is 0.413. The third-order valence-corrected chi connectivity index (χ3v) is 0. The summed E-state index contributed by atoms with van der Waals surface area (Å²) in [6.45, 7) is 0. The van der Waals surface area contributed by atoms with Gasteiger partial charge in [-0.1, -0.05) is 0 Å². The van der Waals surface area contributed by atoms with Gasteiger partial charge >= 0.3 is 29.6 Å². The molecule has 0 saturated carbocycles. The van der Waals surface area contributed by atoms with Crippen LogP contribution in [0.15, 0.2) is 0 Å². The molecule has 2 nitrogen and oxygen atoms in total. The van der Waals surface area contributed by atoms with Crippen molar-refractivity contribution in [2.45, 2.75) is 0 Å². The van der Waals surface area contributed by atoms with E-state index in [2.05, 4.69) is 15.9 Å². The van der Waals surface area contributed by atoms with Crippen LogP contribution in [0.25, 0.3) is 0 Å². The molecular weight excluding hydrogens is 145 g/mol. The molecule has 0 rings (SSSR count). The normalized spacial score (nSPS) is 1.60. The van der Waals surface area contributed by atoms with Crippen molar-refractivity contribution < 1.29 is 35.0 Å². The summed E-state index contributed by atoms with van der Waals surface area (Å²) in [5.41, 5.74) is 0. The van der Waals surface area contributed by atoms with Crippen LogP contribution in [0.3, 0.4) is 0 Å². The van der Waals surface area contributed by atoms with Gasteiger partial charge in [-0.05, 0) is 0 Å². The summed E-state index contributed by atoms with van der Waals surface area (Å²) in [6, 6.07) is 0. The first-order chi connectivity index (χ1) is 1.41. The molecule has 0 fully saturated rings. The second-order valence-corrected chi connectivity index (χ2v) is 0.439. The topological polar surface area (TPSA) is 53.8 Å². The molecule has 0 aliphatic rings. The number of halogens is 1. The average Bonchev–Trinajstić information content (AvgIpc) is 0.918. The molecule has 0 heterocycles. The Morgan fingerprint density at radius 2 is 1.60 bits per heavy atom. The van der Waals surface area contributed by atoms with Crippen LogP contribution in [0.5, 0.6) is 0 Å². The van der Waals surface area contributed by atoms with E-state index in [4.69, 9.17) is 5.26 Å². The molecule has 0 amide bonds. The third-order valence-electron chi connectivity index (χ3n) is 0. The quantitative estimate of drug-likeness (QED) is 0.360. The minimum absolute atomic E-state index is 0. The van der Waals surface area contributed by atoms with E-state index in [0.29, 0.717) is 0 Å². The summed E-state index contributed by atoms with van der Waals surface area (Å²) in [6.07, 6.45) is 0. The largest absolute Gasteiger partial charge is 1.00 e. The summed E-state index contributed by atoms with van der Waals surface area (Å²) >= 11 is 2.45. The fourth-order valence-corrected chi connectivity index (χ4v) is 0. The van der Waals surface area contributed by atoms with E-state index in [-0.39, 0.29) is 35.0 Å². The minimum Gasteiger partial charge on any atom is -0.870 e. The molecule has 0 atom stereocenters. The van der Waals surface area contributed by atoms with E-state index in [0.717, 1.165) is 0 Å². The Balaban J connectivity index is -0.0000000200. The number of rotatable bonds is 0. The second kappa shape index (κ2) is 20.4. The maximum atomic E-state index is 7.24. The van der Waals surface area contributed by atoms with Gasteiger partial charge in [-0.25, -0.2) is 0 Å². The van der Waals surface area contributed by atoms with Gasteiger partial charge in [0.15, 0.2) is 0 Å². The van der Waals surface area contributed by atoms with Crippen LogP contribution in [0.2, 0.25) is 0 Å². The summed E-state index contributed by atoms with van der Waals surface area (Å²) in [4.78, 5) is 1.56. The molecular formula is CHBrNNaO. The first kappa shape index (κ1) is 16.8. The summed E-state index contributed by atoms with van der Waals surface area (Å²) in [5.74, 6) is 0. The second-order valence-electron chi connectivity index (χ2n) is 0.0845. The van der Waals surface area contributed by atoms with Gasteiger partial charge in [0.25, 0.3) is 0 Å². The van der Waals surface area contributed by atoms with E-state index in [1.54, 1.807) is 4.98 Å². The first-order valence-corrected chi connectivity index (χ1v) is 1.21. The number of hydrogen-bond donors (Lipinski definition) is 0. The molecule has 0 bridgehead atoms. The van der Waals surface area contributed by atoms with Crippen molar-refractivity contribution in [2.75, 3.05) is 0 Å². The van der Waals surface area contributed by atoms with E-state index in [9.17, 15) is 0 Å². The van der Waals surface area contributed by atoms with E-state index in [1.165, 1.54) is 0 Å². The fourth-order valence-electron chi connectivity index (χ4n) is 0. The molecule has 0 saturated heterocycles. The standard InChI is InChI=1S/CBrN.Na.H2O/c2-1-3;;/h;;1H2/q;+1;/p-1. The molecule has 0 spiro atoms. The maximum Gasteiger partial charge on any atom is 1.00 e. The van der Waals surface area contributed by atoms with Crippen molar-refractivity contribution in [3.8, 4) is 4.98 Å². The third kappa shape index (κ3) is 48.9. The van der Waals surface area contributed by atoms with Crippen molar-refractivity contribution in [1.29, 1.82) is 5.26 Å². The van der Waals surface area contributed by atoms with E-state index in [1.807, 2.05) is 0 Å². The van der Waals surface area contributed by atoms with Crippen molar-refractivity contribution in [2.24, 2.45) is 0 Å². The Morgan fingerprint density at radius 3 is 1.60 bits per heavy atom. The Labute approximate surface area is 60.9 Å². The molecule has 1 N–H and O–H groups in total. The van der Waals surface area contributed by atoms with Gasteiger partial charge in [0.05, 0.1) is 0 Å². The fraction of sp³-hybridized carbons (Fsp3) is 0. The number of nitriles is 1. The Morgan fingerprint density at radius 1 is 1.60 bits per heavy atom. The summed E-state index contributed by atoms with van der Waals surface area (Å²) < 4.78 is 0.